The molecule has 1 aliphatic rings. The number of aromatic nitrogens is 1. The van der Waals surface area contributed by atoms with Crippen LogP contribution < -0.4 is 10.3 Å². The van der Waals surface area contributed by atoms with Crippen LogP contribution in [0.25, 0.3) is 0 Å². The van der Waals surface area contributed by atoms with Crippen molar-refractivity contribution in [3.05, 3.63) is 91.7 Å². The summed E-state index contributed by atoms with van der Waals surface area (Å²) >= 11 is 18.9. The van der Waals surface area contributed by atoms with Gasteiger partial charge in [0, 0.05) is 40.0 Å². The van der Waals surface area contributed by atoms with E-state index in [2.05, 4.69) is 15.4 Å². The Morgan fingerprint density at radius 2 is 1.88 bits per heavy atom. The Bertz CT molecular complexity index is 1310. The van der Waals surface area contributed by atoms with Crippen molar-refractivity contribution in [3.8, 4) is 6.07 Å². The summed E-state index contributed by atoms with van der Waals surface area (Å²) in [6, 6.07) is 12.7. The second kappa shape index (κ2) is 9.59. The van der Waals surface area contributed by atoms with Gasteiger partial charge in [0.2, 0.25) is 0 Å². The van der Waals surface area contributed by atoms with E-state index in [1.54, 1.807) is 36.5 Å². The van der Waals surface area contributed by atoms with E-state index in [0.717, 1.165) is 5.01 Å². The van der Waals surface area contributed by atoms with Crippen molar-refractivity contribution < 1.29 is 9.59 Å². The van der Waals surface area contributed by atoms with Gasteiger partial charge in [0.05, 0.1) is 23.9 Å². The highest BCUT2D eigenvalue weighted by atomic mass is 35.5. The largest absolute Gasteiger partial charge is 0.342 e. The molecule has 1 aromatic heterocycles. The molecule has 0 aliphatic carbocycles. The number of rotatable bonds is 5. The maximum absolute atomic E-state index is 13.2. The number of hydrazone groups is 1. The number of hydrogen-bond donors (Lipinski definition) is 1. The van der Waals surface area contributed by atoms with Crippen LogP contribution in [0.4, 0.5) is 10.5 Å². The zero-order valence-electron chi connectivity index (χ0n) is 16.8. The number of pyridine rings is 1. The standard InChI is InChI=1S/C23H14Cl3N5O2/c24-19-9-16(31-23(33)28-5-6-30-31)10-20(25)18(19)8-14-2-1-13(11-27)7-17(14)22(32)15-3-4-21(26)29-12-15/h1-4,6-7,9-10,12H,5,8H2,(H,28,33). The van der Waals surface area contributed by atoms with E-state index in [9.17, 15) is 14.9 Å². The molecule has 4 rings (SSSR count). The van der Waals surface area contributed by atoms with Crippen LogP contribution in [0.1, 0.15) is 32.6 Å². The molecule has 0 radical (unpaired) electrons. The van der Waals surface area contributed by atoms with Crippen molar-refractivity contribution in [2.45, 2.75) is 6.42 Å². The quantitative estimate of drug-likeness (QED) is 0.383. The smallest absolute Gasteiger partial charge is 0.331 e. The van der Waals surface area contributed by atoms with Crippen LogP contribution >= 0.6 is 34.8 Å². The Balaban J connectivity index is 1.72. The van der Waals surface area contributed by atoms with Crippen molar-refractivity contribution in [1.82, 2.24) is 10.3 Å². The van der Waals surface area contributed by atoms with E-state index < -0.39 is 6.03 Å². The second-order valence-electron chi connectivity index (χ2n) is 7.04. The maximum atomic E-state index is 13.2. The van der Waals surface area contributed by atoms with Crippen molar-refractivity contribution in [2.75, 3.05) is 11.6 Å². The van der Waals surface area contributed by atoms with Gasteiger partial charge in [-0.2, -0.15) is 15.4 Å². The topological polar surface area (TPSA) is 98.5 Å². The molecule has 0 spiro atoms. The number of nitriles is 1. The van der Waals surface area contributed by atoms with Gasteiger partial charge in [0.15, 0.2) is 5.78 Å². The SMILES string of the molecule is N#Cc1ccc(Cc2c(Cl)cc(N3N=CCNC3=O)cc2Cl)c(C(=O)c2ccc(Cl)nc2)c1. The molecule has 0 saturated heterocycles. The van der Waals surface area contributed by atoms with Crippen LogP contribution in [0.5, 0.6) is 0 Å². The van der Waals surface area contributed by atoms with Crippen LogP contribution in [0, 0.1) is 11.3 Å². The van der Waals surface area contributed by atoms with E-state index in [1.807, 2.05) is 6.07 Å². The van der Waals surface area contributed by atoms with Gasteiger partial charge in [-0.05, 0) is 47.5 Å². The molecule has 0 atom stereocenters. The lowest BCUT2D eigenvalue weighted by atomic mass is 9.93. The van der Waals surface area contributed by atoms with Crippen LogP contribution in [0.2, 0.25) is 15.2 Å². The van der Waals surface area contributed by atoms with Gasteiger partial charge in [-0.1, -0.05) is 40.9 Å². The molecule has 1 aliphatic heterocycles. The molecule has 2 heterocycles. The number of ketones is 1. The van der Waals surface area contributed by atoms with Gasteiger partial charge in [-0.3, -0.25) is 4.79 Å². The zero-order valence-corrected chi connectivity index (χ0v) is 19.1. The summed E-state index contributed by atoms with van der Waals surface area (Å²) in [4.78, 5) is 29.2. The van der Waals surface area contributed by atoms with Crippen LogP contribution in [-0.4, -0.2) is 29.6 Å². The van der Waals surface area contributed by atoms with Crippen LogP contribution in [0.15, 0.2) is 53.8 Å². The van der Waals surface area contributed by atoms with E-state index in [4.69, 9.17) is 34.8 Å². The summed E-state index contributed by atoms with van der Waals surface area (Å²) in [7, 11) is 0. The summed E-state index contributed by atoms with van der Waals surface area (Å²) < 4.78 is 0. The highest BCUT2D eigenvalue weighted by Crippen LogP contribution is 2.34. The van der Waals surface area contributed by atoms with E-state index in [1.165, 1.54) is 18.3 Å². The number of carbonyl (C=O) groups is 2. The first-order valence-electron chi connectivity index (χ1n) is 9.65. The van der Waals surface area contributed by atoms with Crippen LogP contribution in [0.3, 0.4) is 0 Å². The summed E-state index contributed by atoms with van der Waals surface area (Å²) in [5.41, 5.74) is 2.60. The predicted molar refractivity (Wildman–Crippen MR) is 127 cm³/mol. The van der Waals surface area contributed by atoms with Gasteiger partial charge in [0.25, 0.3) is 0 Å². The first-order valence-corrected chi connectivity index (χ1v) is 10.8. The molecule has 0 saturated carbocycles. The number of amides is 2. The minimum absolute atomic E-state index is 0.223. The fourth-order valence-electron chi connectivity index (χ4n) is 3.32. The third kappa shape index (κ3) is 4.83. The Labute approximate surface area is 204 Å². The Morgan fingerprint density at radius 1 is 1.12 bits per heavy atom. The van der Waals surface area contributed by atoms with E-state index >= 15 is 0 Å². The minimum Gasteiger partial charge on any atom is -0.331 e. The molecule has 1 N–H and O–H groups in total. The highest BCUT2D eigenvalue weighted by molar-refractivity contribution is 6.36. The van der Waals surface area contributed by atoms with Crippen molar-refractivity contribution >= 4 is 58.5 Å². The van der Waals surface area contributed by atoms with Gasteiger partial charge in [0.1, 0.15) is 5.15 Å². The van der Waals surface area contributed by atoms with Crippen LogP contribution in [-0.2, 0) is 6.42 Å². The third-order valence-electron chi connectivity index (χ3n) is 4.94. The summed E-state index contributed by atoms with van der Waals surface area (Å²) in [6.45, 7) is 0.341. The lowest BCUT2D eigenvalue weighted by Gasteiger charge is -2.22. The number of nitrogens with zero attached hydrogens (tertiary/aromatic N) is 4. The third-order valence-corrected chi connectivity index (χ3v) is 5.84. The molecule has 7 nitrogen and oxygen atoms in total. The molecular weight excluding hydrogens is 485 g/mol. The molecular formula is C23H14Cl3N5O2. The molecule has 2 aromatic carbocycles. The molecule has 2 amide bonds. The normalized spacial score (nSPS) is 12.9. The molecule has 164 valence electrons. The van der Waals surface area contributed by atoms with Gasteiger partial charge in [-0.15, -0.1) is 0 Å². The number of benzene rings is 2. The summed E-state index contributed by atoms with van der Waals surface area (Å²) in [5.74, 6) is -0.311. The molecule has 3 aromatic rings. The average molecular weight is 499 g/mol. The summed E-state index contributed by atoms with van der Waals surface area (Å²) in [5, 5.41) is 18.1. The van der Waals surface area contributed by atoms with E-state index in [0.29, 0.717) is 50.1 Å². The number of nitrogens with one attached hydrogen (secondary N) is 1. The second-order valence-corrected chi connectivity index (χ2v) is 8.24. The van der Waals surface area contributed by atoms with Crippen molar-refractivity contribution in [1.29, 1.82) is 5.26 Å². The predicted octanol–water partition coefficient (Wildman–Crippen LogP) is 5.25. The molecule has 0 fully saturated rings. The van der Waals surface area contributed by atoms with Crippen molar-refractivity contribution in [3.63, 3.8) is 0 Å². The lowest BCUT2D eigenvalue weighted by Crippen LogP contribution is -2.41. The monoisotopic (exact) mass is 497 g/mol. The minimum atomic E-state index is -0.395. The first kappa shape index (κ1) is 22.7. The van der Waals surface area contributed by atoms with Crippen molar-refractivity contribution in [2.24, 2.45) is 5.10 Å². The first-order chi connectivity index (χ1) is 15.9. The van der Waals surface area contributed by atoms with Gasteiger partial charge < -0.3 is 5.32 Å². The Morgan fingerprint density at radius 3 is 2.52 bits per heavy atom. The number of carbonyl (C=O) groups excluding carboxylic acids is 2. The fourth-order valence-corrected chi connectivity index (χ4v) is 4.04. The Kier molecular flexibility index (Phi) is 6.61. The fraction of sp³-hybridized carbons (Fsp3) is 0.0870. The molecule has 0 unspecified atom stereocenters. The number of urea groups is 1. The highest BCUT2D eigenvalue weighted by Gasteiger charge is 2.22. The van der Waals surface area contributed by atoms with Gasteiger partial charge >= 0.3 is 6.03 Å². The summed E-state index contributed by atoms with van der Waals surface area (Å²) in [6.07, 6.45) is 3.16. The molecule has 0 bridgehead atoms. The lowest BCUT2D eigenvalue weighted by molar-refractivity contribution is 0.103. The number of hydrogen-bond acceptors (Lipinski definition) is 5. The Hall–Kier alpha value is -3.44. The zero-order chi connectivity index (χ0) is 23.5. The van der Waals surface area contributed by atoms with Gasteiger partial charge in [-0.25, -0.2) is 9.78 Å². The number of anilines is 1. The maximum Gasteiger partial charge on any atom is 0.342 e. The van der Waals surface area contributed by atoms with E-state index in [-0.39, 0.29) is 17.4 Å². The average Bonchev–Trinajstić information content (AvgIpc) is 2.81. The molecule has 33 heavy (non-hydrogen) atoms. The number of halogens is 3. The molecule has 10 heteroatoms.